The number of carbonyl (C=O) groups excluding carboxylic acids is 1. The fourth-order valence-corrected chi connectivity index (χ4v) is 3.60. The van der Waals surface area contributed by atoms with Gasteiger partial charge in [-0.05, 0) is 17.5 Å². The third kappa shape index (κ3) is 1.41. The molecule has 0 saturated carbocycles. The van der Waals surface area contributed by atoms with Crippen molar-refractivity contribution in [1.82, 2.24) is 9.46 Å². The summed E-state index contributed by atoms with van der Waals surface area (Å²) in [4.78, 5) is 12.1. The molecule has 116 valence electrons. The van der Waals surface area contributed by atoms with Crippen LogP contribution in [0.4, 0.5) is 0 Å². The maximum Gasteiger partial charge on any atom is 0.196 e. The highest BCUT2D eigenvalue weighted by Crippen LogP contribution is 2.30. The van der Waals surface area contributed by atoms with Gasteiger partial charge in [0.15, 0.2) is 11.3 Å². The van der Waals surface area contributed by atoms with Gasteiger partial charge in [0.1, 0.15) is 10.7 Å². The van der Waals surface area contributed by atoms with Crippen LogP contribution in [0.1, 0.15) is 0 Å². The lowest BCUT2D eigenvalue weighted by Crippen LogP contribution is -2.29. The number of rotatable bonds is 0. The first kappa shape index (κ1) is 13.0. The summed E-state index contributed by atoms with van der Waals surface area (Å²) in [5, 5.41) is 26.1. The number of ketones is 1. The van der Waals surface area contributed by atoms with E-state index in [2.05, 4.69) is 0 Å². The molecule has 24 heavy (non-hydrogen) atoms. The minimum atomic E-state index is -0.265. The van der Waals surface area contributed by atoms with Crippen molar-refractivity contribution >= 4 is 32.9 Å². The molecular formula is C19H12N2O3. The summed E-state index contributed by atoms with van der Waals surface area (Å²) in [6.45, 7) is 0. The lowest BCUT2D eigenvalue weighted by atomic mass is 10.1. The fraction of sp³-hybridized carbons (Fsp3) is 0. The zero-order valence-corrected chi connectivity index (χ0v) is 12.5. The highest BCUT2D eigenvalue weighted by atomic mass is 16.5. The minimum Gasteiger partial charge on any atom is -0.426 e. The lowest BCUT2D eigenvalue weighted by Gasteiger charge is -2.05. The molecule has 1 heterocycles. The highest BCUT2D eigenvalue weighted by Gasteiger charge is 2.20. The van der Waals surface area contributed by atoms with E-state index in [9.17, 15) is 15.2 Å². The van der Waals surface area contributed by atoms with E-state index in [1.807, 2.05) is 36.4 Å². The first-order chi connectivity index (χ1) is 11.7. The normalized spacial score (nSPS) is 14.7. The van der Waals surface area contributed by atoms with Gasteiger partial charge in [-0.15, -0.1) is 0 Å². The molecule has 2 N–H and O–H groups in total. The number of allylic oxidation sites excluding steroid dienone is 4. The molecule has 2 aliphatic carbocycles. The number of hydrogen-bond acceptors (Lipinski definition) is 3. The Labute approximate surface area is 135 Å². The molecule has 0 atom stereocenters. The second-order valence-corrected chi connectivity index (χ2v) is 5.85. The molecule has 0 radical (unpaired) electrons. The average Bonchev–Trinajstić information content (AvgIpc) is 3.05. The topological polar surface area (TPSA) is 67.4 Å². The molecule has 2 aromatic rings. The third-order valence-corrected chi connectivity index (χ3v) is 4.59. The number of benzene rings is 2. The van der Waals surface area contributed by atoms with Crippen LogP contribution in [0.5, 0.6) is 0 Å². The molecule has 2 aromatic carbocycles. The number of carbonyl (C=O) groups is 1. The highest BCUT2D eigenvalue weighted by molar-refractivity contribution is 6.25. The summed E-state index contributed by atoms with van der Waals surface area (Å²) in [5.74, 6) is -0.265. The monoisotopic (exact) mass is 316 g/mol. The van der Waals surface area contributed by atoms with Gasteiger partial charge in [0.05, 0.1) is 5.57 Å². The van der Waals surface area contributed by atoms with Crippen molar-refractivity contribution in [2.24, 2.45) is 0 Å². The van der Waals surface area contributed by atoms with E-state index in [0.717, 1.165) is 31.0 Å². The van der Waals surface area contributed by atoms with Crippen molar-refractivity contribution in [3.05, 3.63) is 76.9 Å². The third-order valence-electron chi connectivity index (χ3n) is 4.59. The van der Waals surface area contributed by atoms with Crippen LogP contribution in [0.15, 0.2) is 60.7 Å². The van der Waals surface area contributed by atoms with Crippen LogP contribution in [-0.2, 0) is 4.79 Å². The van der Waals surface area contributed by atoms with Crippen LogP contribution < -0.4 is 5.48 Å². The predicted molar refractivity (Wildman–Crippen MR) is 89.0 cm³/mol. The van der Waals surface area contributed by atoms with Crippen LogP contribution in [0.3, 0.4) is 0 Å². The zero-order valence-electron chi connectivity index (χ0n) is 12.5. The van der Waals surface area contributed by atoms with Crippen LogP contribution >= 0.6 is 0 Å². The standard InChI is InChI=1S/C19H12N2O3/c22-15-10-2-1-7-12(15)19-20(23)17-13-8-3-5-11-6-4-9-14(16(11)13)18(17)21(19)24/h1-10,23-24H. The van der Waals surface area contributed by atoms with Gasteiger partial charge in [-0.3, -0.25) is 4.79 Å². The quantitative estimate of drug-likeness (QED) is 0.489. The van der Waals surface area contributed by atoms with Crippen molar-refractivity contribution < 1.29 is 15.2 Å². The van der Waals surface area contributed by atoms with Gasteiger partial charge in [-0.25, -0.2) is 0 Å². The maximum absolute atomic E-state index is 12.1. The lowest BCUT2D eigenvalue weighted by molar-refractivity contribution is -0.109. The van der Waals surface area contributed by atoms with Gasteiger partial charge in [0, 0.05) is 16.2 Å². The Bertz CT molecular complexity index is 1260. The summed E-state index contributed by atoms with van der Waals surface area (Å²) in [6, 6.07) is 11.6. The molecule has 5 rings (SSSR count). The Morgan fingerprint density at radius 3 is 1.96 bits per heavy atom. The first-order valence-electron chi connectivity index (χ1n) is 7.56. The Kier molecular flexibility index (Phi) is 2.33. The molecule has 0 fully saturated rings. The number of fused-ring (bicyclic) bond motifs is 2. The number of aromatic nitrogens is 2. The molecule has 0 amide bonds. The smallest absolute Gasteiger partial charge is 0.196 e. The summed E-state index contributed by atoms with van der Waals surface area (Å²) in [5.41, 5.74) is 0.290. The average molecular weight is 316 g/mol. The Morgan fingerprint density at radius 2 is 1.38 bits per heavy atom. The Morgan fingerprint density at radius 1 is 0.792 bits per heavy atom. The summed E-state index contributed by atoms with van der Waals surface area (Å²) < 4.78 is 1.81. The summed E-state index contributed by atoms with van der Waals surface area (Å²) in [7, 11) is 0. The molecule has 1 aliphatic heterocycles. The van der Waals surface area contributed by atoms with Crippen LogP contribution in [0, 0.1) is 10.7 Å². The molecule has 0 bridgehead atoms. The molecule has 5 heteroatoms. The van der Waals surface area contributed by atoms with Gasteiger partial charge in [0.25, 0.3) is 0 Å². The van der Waals surface area contributed by atoms with Gasteiger partial charge in [-0.1, -0.05) is 48.6 Å². The van der Waals surface area contributed by atoms with E-state index in [1.165, 1.54) is 6.08 Å². The van der Waals surface area contributed by atoms with Crippen LogP contribution in [0.25, 0.3) is 27.1 Å². The summed E-state index contributed by atoms with van der Waals surface area (Å²) in [6.07, 6.45) is 6.31. The van der Waals surface area contributed by atoms with E-state index < -0.39 is 0 Å². The van der Waals surface area contributed by atoms with Crippen molar-refractivity contribution in [1.29, 1.82) is 0 Å². The molecule has 0 aromatic heterocycles. The molecule has 0 saturated heterocycles. The largest absolute Gasteiger partial charge is 0.426 e. The first-order valence-corrected chi connectivity index (χ1v) is 7.56. The van der Waals surface area contributed by atoms with Gasteiger partial charge in [0.2, 0.25) is 0 Å². The van der Waals surface area contributed by atoms with E-state index >= 15 is 0 Å². The fourth-order valence-electron chi connectivity index (χ4n) is 3.60. The molecule has 5 nitrogen and oxygen atoms in total. The van der Waals surface area contributed by atoms with Crippen molar-refractivity contribution in [2.45, 2.75) is 0 Å². The van der Waals surface area contributed by atoms with Gasteiger partial charge in [-0.2, -0.15) is 9.46 Å². The van der Waals surface area contributed by atoms with E-state index in [4.69, 9.17) is 0 Å². The molecule has 0 spiro atoms. The second kappa shape index (κ2) is 4.29. The van der Waals surface area contributed by atoms with Crippen LogP contribution in [-0.4, -0.2) is 25.7 Å². The van der Waals surface area contributed by atoms with E-state index in [-0.39, 0.29) is 16.8 Å². The van der Waals surface area contributed by atoms with E-state index in [1.54, 1.807) is 18.2 Å². The van der Waals surface area contributed by atoms with Crippen molar-refractivity contribution in [2.75, 3.05) is 0 Å². The minimum absolute atomic E-state index is 0.0529. The van der Waals surface area contributed by atoms with Gasteiger partial charge < -0.3 is 10.4 Å². The Hall–Kier alpha value is -3.47. The van der Waals surface area contributed by atoms with Crippen LogP contribution in [0.2, 0.25) is 0 Å². The van der Waals surface area contributed by atoms with E-state index in [0.29, 0.717) is 10.7 Å². The van der Waals surface area contributed by atoms with Gasteiger partial charge >= 0.3 is 0 Å². The second-order valence-electron chi connectivity index (χ2n) is 5.85. The Balaban J connectivity index is 2.12. The SMILES string of the molecule is O=C1C=CC=CC1=c1n(O)c2c3cccc4cccc(c=2n1O)c43. The predicted octanol–water partition coefficient (Wildman–Crippen LogP) is 2.36. The molecule has 3 aliphatic rings. The van der Waals surface area contributed by atoms with Crippen molar-refractivity contribution in [3.63, 3.8) is 0 Å². The maximum atomic E-state index is 12.1. The summed E-state index contributed by atoms with van der Waals surface area (Å²) >= 11 is 0. The van der Waals surface area contributed by atoms with Crippen molar-refractivity contribution in [3.8, 4) is 0 Å². The molecular weight excluding hydrogens is 304 g/mol. The number of nitrogens with zero attached hydrogens (tertiary/aromatic N) is 2. The molecule has 0 unspecified atom stereocenters. The number of hydrogen-bond donors (Lipinski definition) is 2. The zero-order chi connectivity index (χ0) is 16.4.